The van der Waals surface area contributed by atoms with Gasteiger partial charge in [0, 0.05) is 35.4 Å². The normalized spacial score (nSPS) is 14.3. The lowest BCUT2D eigenvalue weighted by molar-refractivity contribution is 0.575. The average molecular weight is 279 g/mol. The summed E-state index contributed by atoms with van der Waals surface area (Å²) >= 11 is 1.70. The standard InChI is InChI=1S/C14H17NOS2/c1-18(16)11-14(13-5-3-2-4-6-13)15-9-12-7-8-17-10-12/h2-8,10,14-15H,9,11H2,1H3/t14-,18-/m0/s1. The molecule has 0 aliphatic heterocycles. The summed E-state index contributed by atoms with van der Waals surface area (Å²) in [6.45, 7) is 0.820. The highest BCUT2D eigenvalue weighted by molar-refractivity contribution is 7.84. The quantitative estimate of drug-likeness (QED) is 0.881. The maximum Gasteiger partial charge on any atom is 0.0439 e. The number of rotatable bonds is 6. The van der Waals surface area contributed by atoms with E-state index in [1.54, 1.807) is 17.6 Å². The van der Waals surface area contributed by atoms with Crippen molar-refractivity contribution in [1.82, 2.24) is 5.32 Å². The van der Waals surface area contributed by atoms with Gasteiger partial charge in [-0.05, 0) is 28.0 Å². The Kier molecular flexibility index (Phi) is 5.11. The van der Waals surface area contributed by atoms with Crippen LogP contribution in [0.4, 0.5) is 0 Å². The van der Waals surface area contributed by atoms with Crippen LogP contribution in [0.3, 0.4) is 0 Å². The van der Waals surface area contributed by atoms with Crippen LogP contribution in [0, 0.1) is 0 Å². The summed E-state index contributed by atoms with van der Waals surface area (Å²) in [5.74, 6) is 0.647. The topological polar surface area (TPSA) is 29.1 Å². The van der Waals surface area contributed by atoms with Crippen molar-refractivity contribution in [2.24, 2.45) is 0 Å². The van der Waals surface area contributed by atoms with Crippen molar-refractivity contribution >= 4 is 22.1 Å². The van der Waals surface area contributed by atoms with Gasteiger partial charge >= 0.3 is 0 Å². The fourth-order valence-electron chi connectivity index (χ4n) is 1.83. The molecule has 2 rings (SSSR count). The van der Waals surface area contributed by atoms with Crippen LogP contribution in [-0.2, 0) is 17.3 Å². The Morgan fingerprint density at radius 3 is 2.67 bits per heavy atom. The molecule has 1 aromatic carbocycles. The third-order valence-electron chi connectivity index (χ3n) is 2.74. The van der Waals surface area contributed by atoms with E-state index < -0.39 is 10.8 Å². The molecule has 4 heteroatoms. The highest BCUT2D eigenvalue weighted by Gasteiger charge is 2.12. The van der Waals surface area contributed by atoms with E-state index in [9.17, 15) is 4.21 Å². The molecule has 0 spiro atoms. The number of hydrogen-bond acceptors (Lipinski definition) is 3. The van der Waals surface area contributed by atoms with E-state index >= 15 is 0 Å². The molecule has 2 nitrogen and oxygen atoms in total. The van der Waals surface area contributed by atoms with Gasteiger partial charge in [-0.3, -0.25) is 4.21 Å². The van der Waals surface area contributed by atoms with Crippen LogP contribution in [0.25, 0.3) is 0 Å². The second-order valence-electron chi connectivity index (χ2n) is 4.22. The molecular weight excluding hydrogens is 262 g/mol. The number of thiophene rings is 1. The summed E-state index contributed by atoms with van der Waals surface area (Å²) < 4.78 is 11.5. The third kappa shape index (κ3) is 4.05. The van der Waals surface area contributed by atoms with Gasteiger partial charge in [0.15, 0.2) is 0 Å². The summed E-state index contributed by atoms with van der Waals surface area (Å²) in [6.07, 6.45) is 1.75. The monoisotopic (exact) mass is 279 g/mol. The van der Waals surface area contributed by atoms with Crippen LogP contribution < -0.4 is 5.32 Å². The highest BCUT2D eigenvalue weighted by atomic mass is 32.2. The number of hydrogen-bond donors (Lipinski definition) is 1. The van der Waals surface area contributed by atoms with E-state index in [-0.39, 0.29) is 6.04 Å². The molecule has 1 heterocycles. The molecule has 0 aliphatic carbocycles. The van der Waals surface area contributed by atoms with Crippen molar-refractivity contribution in [2.45, 2.75) is 12.6 Å². The van der Waals surface area contributed by atoms with Crippen molar-refractivity contribution in [3.63, 3.8) is 0 Å². The minimum atomic E-state index is -0.804. The molecular formula is C14H17NOS2. The Labute approximate surface area is 115 Å². The smallest absolute Gasteiger partial charge is 0.0439 e. The van der Waals surface area contributed by atoms with Crippen LogP contribution in [0.5, 0.6) is 0 Å². The van der Waals surface area contributed by atoms with E-state index in [0.717, 1.165) is 6.54 Å². The zero-order chi connectivity index (χ0) is 12.8. The Hall–Kier alpha value is -0.970. The van der Waals surface area contributed by atoms with Gasteiger partial charge in [0.2, 0.25) is 0 Å². The Balaban J connectivity index is 2.03. The van der Waals surface area contributed by atoms with Crippen molar-refractivity contribution < 1.29 is 4.21 Å². The minimum absolute atomic E-state index is 0.150. The first-order valence-corrected chi connectivity index (χ1v) is 8.52. The first-order valence-electron chi connectivity index (χ1n) is 5.85. The predicted octanol–water partition coefficient (Wildman–Crippen LogP) is 2.96. The van der Waals surface area contributed by atoms with Crippen molar-refractivity contribution in [3.05, 3.63) is 58.3 Å². The fraction of sp³-hybridized carbons (Fsp3) is 0.286. The molecule has 1 N–H and O–H groups in total. The van der Waals surface area contributed by atoms with E-state index in [1.807, 2.05) is 18.2 Å². The zero-order valence-corrected chi connectivity index (χ0v) is 12.0. The molecule has 0 saturated carbocycles. The molecule has 0 bridgehead atoms. The molecule has 0 aliphatic rings. The Morgan fingerprint density at radius 1 is 1.28 bits per heavy atom. The van der Waals surface area contributed by atoms with Crippen molar-refractivity contribution in [1.29, 1.82) is 0 Å². The summed E-state index contributed by atoms with van der Waals surface area (Å²) in [5, 5.41) is 7.70. The van der Waals surface area contributed by atoms with Gasteiger partial charge in [-0.1, -0.05) is 30.3 Å². The van der Waals surface area contributed by atoms with Gasteiger partial charge in [-0.15, -0.1) is 0 Å². The molecule has 2 atom stereocenters. The number of nitrogens with one attached hydrogen (secondary N) is 1. The Morgan fingerprint density at radius 2 is 2.06 bits per heavy atom. The van der Waals surface area contributed by atoms with Gasteiger partial charge < -0.3 is 5.32 Å². The fourth-order valence-corrected chi connectivity index (χ4v) is 3.28. The van der Waals surface area contributed by atoms with Gasteiger partial charge in [0.05, 0.1) is 0 Å². The van der Waals surface area contributed by atoms with Gasteiger partial charge in [0.25, 0.3) is 0 Å². The first-order chi connectivity index (χ1) is 8.75. The van der Waals surface area contributed by atoms with Gasteiger partial charge in [-0.25, -0.2) is 0 Å². The summed E-state index contributed by atoms with van der Waals surface area (Å²) in [4.78, 5) is 0. The summed E-state index contributed by atoms with van der Waals surface area (Å²) in [7, 11) is -0.804. The van der Waals surface area contributed by atoms with E-state index in [1.165, 1.54) is 11.1 Å². The lowest BCUT2D eigenvalue weighted by atomic mass is 10.1. The minimum Gasteiger partial charge on any atom is -0.305 e. The second kappa shape index (κ2) is 6.83. The van der Waals surface area contributed by atoms with E-state index in [0.29, 0.717) is 5.75 Å². The van der Waals surface area contributed by atoms with Crippen LogP contribution in [-0.4, -0.2) is 16.2 Å². The molecule has 0 radical (unpaired) electrons. The van der Waals surface area contributed by atoms with Crippen LogP contribution in [0.2, 0.25) is 0 Å². The van der Waals surface area contributed by atoms with Crippen molar-refractivity contribution in [2.75, 3.05) is 12.0 Å². The molecule has 0 unspecified atom stereocenters. The van der Waals surface area contributed by atoms with Crippen LogP contribution >= 0.6 is 11.3 Å². The second-order valence-corrected chi connectivity index (χ2v) is 6.48. The molecule has 96 valence electrons. The lowest BCUT2D eigenvalue weighted by Gasteiger charge is -2.17. The summed E-state index contributed by atoms with van der Waals surface area (Å²) in [5.41, 5.74) is 2.48. The van der Waals surface area contributed by atoms with Crippen LogP contribution in [0.1, 0.15) is 17.2 Å². The van der Waals surface area contributed by atoms with E-state index in [4.69, 9.17) is 0 Å². The summed E-state index contributed by atoms with van der Waals surface area (Å²) in [6, 6.07) is 12.5. The molecule has 18 heavy (non-hydrogen) atoms. The maximum absolute atomic E-state index is 11.5. The third-order valence-corrected chi connectivity index (χ3v) is 4.27. The molecule has 0 saturated heterocycles. The van der Waals surface area contributed by atoms with Crippen LogP contribution in [0.15, 0.2) is 47.2 Å². The maximum atomic E-state index is 11.5. The predicted molar refractivity (Wildman–Crippen MR) is 79.3 cm³/mol. The van der Waals surface area contributed by atoms with Gasteiger partial charge in [-0.2, -0.15) is 11.3 Å². The lowest BCUT2D eigenvalue weighted by Crippen LogP contribution is -2.25. The SMILES string of the molecule is C[S@](=O)C[C@H](NCc1ccsc1)c1ccccc1. The molecule has 0 fully saturated rings. The number of benzene rings is 1. The largest absolute Gasteiger partial charge is 0.305 e. The molecule has 0 amide bonds. The average Bonchev–Trinajstić information content (AvgIpc) is 2.88. The first kappa shape index (κ1) is 13.5. The molecule has 1 aromatic heterocycles. The van der Waals surface area contributed by atoms with Gasteiger partial charge in [0.1, 0.15) is 0 Å². The van der Waals surface area contributed by atoms with Crippen molar-refractivity contribution in [3.8, 4) is 0 Å². The Bertz CT molecular complexity index is 482. The van der Waals surface area contributed by atoms with E-state index in [2.05, 4.69) is 34.3 Å². The highest BCUT2D eigenvalue weighted by Crippen LogP contribution is 2.15. The zero-order valence-electron chi connectivity index (χ0n) is 10.3. The molecule has 2 aromatic rings.